The van der Waals surface area contributed by atoms with Gasteiger partial charge in [0, 0.05) is 20.3 Å². The van der Waals surface area contributed by atoms with Crippen LogP contribution in [0.25, 0.3) is 0 Å². The number of hydrogen-bond acceptors (Lipinski definition) is 4. The first-order valence-corrected chi connectivity index (χ1v) is 6.21. The van der Waals surface area contributed by atoms with Crippen molar-refractivity contribution in [3.63, 3.8) is 0 Å². The molecule has 0 atom stereocenters. The molecule has 0 fully saturated rings. The number of methoxy groups -OCH3 is 1. The summed E-state index contributed by atoms with van der Waals surface area (Å²) in [6, 6.07) is 1.55. The first-order valence-electron chi connectivity index (χ1n) is 5.83. The maximum atomic E-state index is 11.6. The van der Waals surface area contributed by atoms with Gasteiger partial charge in [0.05, 0.1) is 25.0 Å². The average Bonchev–Trinajstić information content (AvgIpc) is 2.79. The first-order chi connectivity index (χ1) is 8.75. The third-order valence-corrected chi connectivity index (χ3v) is 2.59. The van der Waals surface area contributed by atoms with E-state index in [0.29, 0.717) is 31.9 Å². The predicted octanol–water partition coefficient (Wildman–Crippen LogP) is 2.11. The number of hydrogen-bond donors (Lipinski definition) is 1. The van der Waals surface area contributed by atoms with Gasteiger partial charge in [0.2, 0.25) is 5.22 Å². The molecule has 0 saturated heterocycles. The molecule has 0 saturated carbocycles. The molecule has 1 aromatic heterocycles. The van der Waals surface area contributed by atoms with Crippen LogP contribution in [0.2, 0.25) is 5.22 Å². The second kappa shape index (κ2) is 8.97. The Labute approximate surface area is 111 Å². The highest BCUT2D eigenvalue weighted by atomic mass is 35.5. The molecule has 18 heavy (non-hydrogen) atoms. The maximum absolute atomic E-state index is 11.6. The first kappa shape index (κ1) is 15.0. The van der Waals surface area contributed by atoms with Crippen LogP contribution in [0.4, 0.5) is 0 Å². The van der Waals surface area contributed by atoms with Crippen LogP contribution in [0.1, 0.15) is 23.2 Å². The lowest BCUT2D eigenvalue weighted by Gasteiger charge is -2.05. The van der Waals surface area contributed by atoms with Crippen molar-refractivity contribution in [3.05, 3.63) is 23.1 Å². The third kappa shape index (κ3) is 5.53. The molecular formula is C12H18ClNO4. The number of amides is 1. The van der Waals surface area contributed by atoms with Crippen LogP contribution in [0.15, 0.2) is 16.7 Å². The van der Waals surface area contributed by atoms with Crippen LogP contribution in [-0.4, -0.2) is 39.4 Å². The number of nitrogens with one attached hydrogen (secondary N) is 1. The molecule has 1 amide bonds. The Morgan fingerprint density at radius 1 is 1.39 bits per heavy atom. The van der Waals surface area contributed by atoms with Gasteiger partial charge in [-0.2, -0.15) is 0 Å². The Morgan fingerprint density at radius 3 is 2.89 bits per heavy atom. The van der Waals surface area contributed by atoms with E-state index in [1.165, 1.54) is 6.26 Å². The van der Waals surface area contributed by atoms with Crippen molar-refractivity contribution in [2.75, 3.05) is 33.5 Å². The van der Waals surface area contributed by atoms with E-state index in [1.807, 2.05) is 0 Å². The fourth-order valence-corrected chi connectivity index (χ4v) is 1.53. The second-order valence-electron chi connectivity index (χ2n) is 3.68. The van der Waals surface area contributed by atoms with E-state index in [-0.39, 0.29) is 11.1 Å². The van der Waals surface area contributed by atoms with Gasteiger partial charge in [0.1, 0.15) is 0 Å². The number of carbonyl (C=O) groups excluding carboxylic acids is 1. The fraction of sp³-hybridized carbons (Fsp3) is 0.583. The van der Waals surface area contributed by atoms with E-state index in [0.717, 1.165) is 12.8 Å². The molecule has 0 radical (unpaired) electrons. The van der Waals surface area contributed by atoms with Gasteiger partial charge in [-0.15, -0.1) is 0 Å². The zero-order chi connectivity index (χ0) is 13.2. The Kier molecular flexibility index (Phi) is 7.48. The lowest BCUT2D eigenvalue weighted by atomic mass is 10.3. The molecule has 0 aliphatic carbocycles. The molecule has 6 heteroatoms. The molecule has 0 spiro atoms. The minimum absolute atomic E-state index is 0.121. The van der Waals surface area contributed by atoms with E-state index < -0.39 is 0 Å². The Bertz CT molecular complexity index is 354. The zero-order valence-corrected chi connectivity index (χ0v) is 11.2. The van der Waals surface area contributed by atoms with Crippen molar-refractivity contribution in [3.8, 4) is 0 Å². The molecule has 0 bridgehead atoms. The van der Waals surface area contributed by atoms with Crippen LogP contribution in [-0.2, 0) is 9.47 Å². The fourth-order valence-electron chi connectivity index (χ4n) is 1.33. The van der Waals surface area contributed by atoms with Gasteiger partial charge in [-0.25, -0.2) is 0 Å². The van der Waals surface area contributed by atoms with Crippen molar-refractivity contribution < 1.29 is 18.7 Å². The molecule has 0 aliphatic heterocycles. The minimum Gasteiger partial charge on any atom is -0.452 e. The summed E-state index contributed by atoms with van der Waals surface area (Å²) in [6.45, 7) is 2.48. The van der Waals surface area contributed by atoms with Crippen LogP contribution in [0, 0.1) is 0 Å². The Hall–Kier alpha value is -1.04. The monoisotopic (exact) mass is 275 g/mol. The lowest BCUT2D eigenvalue weighted by Crippen LogP contribution is -2.24. The number of carbonyl (C=O) groups is 1. The van der Waals surface area contributed by atoms with Gasteiger partial charge in [-0.1, -0.05) is 0 Å². The molecule has 0 unspecified atom stereocenters. The Morgan fingerprint density at radius 2 is 2.22 bits per heavy atom. The normalized spacial score (nSPS) is 10.6. The zero-order valence-electron chi connectivity index (χ0n) is 10.4. The molecular weight excluding hydrogens is 258 g/mol. The van der Waals surface area contributed by atoms with E-state index in [9.17, 15) is 4.79 Å². The van der Waals surface area contributed by atoms with Gasteiger partial charge < -0.3 is 19.2 Å². The Balaban J connectivity index is 2.01. The van der Waals surface area contributed by atoms with E-state index in [2.05, 4.69) is 5.32 Å². The minimum atomic E-state index is -0.214. The summed E-state index contributed by atoms with van der Waals surface area (Å²) >= 11 is 5.69. The quantitative estimate of drug-likeness (QED) is 0.701. The highest BCUT2D eigenvalue weighted by Gasteiger charge is 2.11. The largest absolute Gasteiger partial charge is 0.452 e. The van der Waals surface area contributed by atoms with Crippen molar-refractivity contribution >= 4 is 17.5 Å². The summed E-state index contributed by atoms with van der Waals surface area (Å²) in [4.78, 5) is 11.6. The van der Waals surface area contributed by atoms with E-state index in [1.54, 1.807) is 13.2 Å². The number of halogens is 1. The van der Waals surface area contributed by atoms with Crippen molar-refractivity contribution in [2.24, 2.45) is 0 Å². The summed E-state index contributed by atoms with van der Waals surface area (Å²) in [6.07, 6.45) is 3.14. The van der Waals surface area contributed by atoms with E-state index in [4.69, 9.17) is 25.5 Å². The lowest BCUT2D eigenvalue weighted by molar-refractivity contribution is 0.0686. The number of ether oxygens (including phenoxy) is 2. The van der Waals surface area contributed by atoms with Crippen LogP contribution < -0.4 is 5.32 Å². The van der Waals surface area contributed by atoms with Crippen molar-refractivity contribution in [1.29, 1.82) is 0 Å². The maximum Gasteiger partial charge on any atom is 0.256 e. The highest BCUT2D eigenvalue weighted by molar-refractivity contribution is 6.32. The number of furan rings is 1. The van der Waals surface area contributed by atoms with Gasteiger partial charge in [-0.05, 0) is 30.5 Å². The molecule has 1 rings (SSSR count). The smallest absolute Gasteiger partial charge is 0.256 e. The van der Waals surface area contributed by atoms with E-state index >= 15 is 0 Å². The predicted molar refractivity (Wildman–Crippen MR) is 68.0 cm³/mol. The standard InChI is InChI=1S/C12H18ClNO4/c1-16-8-9-17-6-3-2-5-14-12(15)10-4-7-18-11(10)13/h4,7H,2-3,5-6,8-9H2,1H3,(H,14,15). The summed E-state index contributed by atoms with van der Waals surface area (Å²) in [5.41, 5.74) is 0.369. The van der Waals surface area contributed by atoms with Gasteiger partial charge >= 0.3 is 0 Å². The topological polar surface area (TPSA) is 60.7 Å². The van der Waals surface area contributed by atoms with Crippen LogP contribution in [0.3, 0.4) is 0 Å². The molecule has 102 valence electrons. The van der Waals surface area contributed by atoms with Gasteiger partial charge in [0.15, 0.2) is 0 Å². The summed E-state index contributed by atoms with van der Waals surface area (Å²) in [5.74, 6) is -0.214. The molecule has 1 N–H and O–H groups in total. The summed E-state index contributed by atoms with van der Waals surface area (Å²) in [7, 11) is 1.64. The molecule has 1 aromatic rings. The highest BCUT2D eigenvalue weighted by Crippen LogP contribution is 2.15. The summed E-state index contributed by atoms with van der Waals surface area (Å²) in [5, 5.41) is 2.89. The molecule has 0 aliphatic rings. The second-order valence-corrected chi connectivity index (χ2v) is 4.02. The van der Waals surface area contributed by atoms with Gasteiger partial charge in [-0.3, -0.25) is 4.79 Å². The number of rotatable bonds is 9. The summed E-state index contributed by atoms with van der Waals surface area (Å²) < 4.78 is 15.0. The van der Waals surface area contributed by atoms with Crippen molar-refractivity contribution in [2.45, 2.75) is 12.8 Å². The average molecular weight is 276 g/mol. The SMILES string of the molecule is COCCOCCCCNC(=O)c1ccoc1Cl. The molecule has 0 aromatic carbocycles. The van der Waals surface area contributed by atoms with Gasteiger partial charge in [0.25, 0.3) is 5.91 Å². The van der Waals surface area contributed by atoms with Crippen molar-refractivity contribution in [1.82, 2.24) is 5.32 Å². The molecule has 1 heterocycles. The number of unbranched alkanes of at least 4 members (excludes halogenated alkanes) is 1. The molecule has 5 nitrogen and oxygen atoms in total. The van der Waals surface area contributed by atoms with Crippen LogP contribution >= 0.6 is 11.6 Å². The van der Waals surface area contributed by atoms with Crippen LogP contribution in [0.5, 0.6) is 0 Å². The third-order valence-electron chi connectivity index (χ3n) is 2.30.